The van der Waals surface area contributed by atoms with Gasteiger partial charge in [0, 0.05) is 18.5 Å². The maximum absolute atomic E-state index is 12.3. The molecule has 0 aliphatic rings. The first kappa shape index (κ1) is 21.3. The van der Waals surface area contributed by atoms with Crippen molar-refractivity contribution in [3.63, 3.8) is 0 Å². The molecule has 2 amide bonds. The van der Waals surface area contributed by atoms with Gasteiger partial charge in [0.1, 0.15) is 0 Å². The molecule has 158 valence electrons. The predicted molar refractivity (Wildman–Crippen MR) is 102 cm³/mol. The van der Waals surface area contributed by atoms with Gasteiger partial charge >= 0.3 is 6.18 Å². The average Bonchev–Trinajstić information content (AvgIpc) is 3.11. The number of fused-ring (bicyclic) bond motifs is 1. The number of hydrogen-bond donors (Lipinski definition) is 2. The summed E-state index contributed by atoms with van der Waals surface area (Å²) >= 11 is 0. The van der Waals surface area contributed by atoms with Crippen molar-refractivity contribution in [3.05, 3.63) is 65.1 Å². The van der Waals surface area contributed by atoms with Gasteiger partial charge in [0.15, 0.2) is 5.65 Å². The van der Waals surface area contributed by atoms with Gasteiger partial charge in [-0.05, 0) is 30.2 Å². The molecule has 0 saturated carbocycles. The lowest BCUT2D eigenvalue weighted by Crippen LogP contribution is -2.24. The summed E-state index contributed by atoms with van der Waals surface area (Å²) in [6.45, 7) is 2.11. The van der Waals surface area contributed by atoms with E-state index in [9.17, 15) is 22.8 Å². The molecule has 7 nitrogen and oxygen atoms in total. The minimum Gasteiger partial charge on any atom is -0.352 e. The molecule has 3 rings (SSSR count). The summed E-state index contributed by atoms with van der Waals surface area (Å²) in [4.78, 5) is 28.2. The lowest BCUT2D eigenvalue weighted by atomic mass is 10.1. The Kier molecular flexibility index (Phi) is 6.34. The molecule has 0 unspecified atom stereocenters. The number of aryl methyl sites for hydroxylation is 1. The highest BCUT2D eigenvalue weighted by atomic mass is 19.4. The summed E-state index contributed by atoms with van der Waals surface area (Å²) in [5.41, 5.74) is 3.15. The molecule has 2 aromatic heterocycles. The van der Waals surface area contributed by atoms with Crippen LogP contribution < -0.4 is 10.6 Å². The third kappa shape index (κ3) is 5.79. The van der Waals surface area contributed by atoms with E-state index >= 15 is 0 Å². The van der Waals surface area contributed by atoms with Crippen LogP contribution >= 0.6 is 0 Å². The maximum atomic E-state index is 12.3. The molecule has 0 atom stereocenters. The van der Waals surface area contributed by atoms with Crippen LogP contribution in [0, 0.1) is 6.92 Å². The van der Waals surface area contributed by atoms with Crippen molar-refractivity contribution in [2.75, 3.05) is 0 Å². The zero-order chi connectivity index (χ0) is 21.7. The van der Waals surface area contributed by atoms with Gasteiger partial charge in [-0.2, -0.15) is 18.3 Å². The normalized spacial score (nSPS) is 11.5. The molecule has 0 bridgehead atoms. The molecule has 2 N–H and O–H groups in total. The maximum Gasteiger partial charge on any atom is 0.389 e. The van der Waals surface area contributed by atoms with Gasteiger partial charge in [0.2, 0.25) is 5.91 Å². The highest BCUT2D eigenvalue weighted by molar-refractivity contribution is 5.95. The fourth-order valence-electron chi connectivity index (χ4n) is 2.78. The Balaban J connectivity index is 1.57. The van der Waals surface area contributed by atoms with E-state index in [0.29, 0.717) is 22.5 Å². The molecule has 0 spiro atoms. The first-order chi connectivity index (χ1) is 14.2. The monoisotopic (exact) mass is 419 g/mol. The number of benzene rings is 1. The highest BCUT2D eigenvalue weighted by Crippen LogP contribution is 2.21. The van der Waals surface area contributed by atoms with Crippen LogP contribution in [0.5, 0.6) is 0 Å². The molecular formula is C20H20F3N5O2. The van der Waals surface area contributed by atoms with Crippen molar-refractivity contribution >= 4 is 17.5 Å². The summed E-state index contributed by atoms with van der Waals surface area (Å²) in [5, 5.41) is 9.41. The first-order valence-electron chi connectivity index (χ1n) is 9.22. The van der Waals surface area contributed by atoms with E-state index < -0.39 is 24.9 Å². The molecule has 0 radical (unpaired) electrons. The average molecular weight is 419 g/mol. The topological polar surface area (TPSA) is 88.4 Å². The zero-order valence-electron chi connectivity index (χ0n) is 16.2. The van der Waals surface area contributed by atoms with E-state index in [4.69, 9.17) is 0 Å². The molecule has 0 aliphatic heterocycles. The molecule has 30 heavy (non-hydrogen) atoms. The minimum absolute atomic E-state index is 0.0480. The number of imidazole rings is 1. The highest BCUT2D eigenvalue weighted by Gasteiger charge is 2.27. The first-order valence-corrected chi connectivity index (χ1v) is 9.22. The van der Waals surface area contributed by atoms with Crippen LogP contribution in [0.3, 0.4) is 0 Å². The quantitative estimate of drug-likeness (QED) is 0.616. The van der Waals surface area contributed by atoms with Gasteiger partial charge in [0.05, 0.1) is 31.1 Å². The number of nitrogens with zero attached hydrogens (tertiary/aromatic N) is 3. The number of nitrogens with one attached hydrogen (secondary N) is 2. The number of aromatic nitrogens is 3. The fourth-order valence-corrected chi connectivity index (χ4v) is 2.78. The van der Waals surface area contributed by atoms with Crippen molar-refractivity contribution in [1.82, 2.24) is 25.2 Å². The third-order valence-corrected chi connectivity index (χ3v) is 4.37. The number of halogens is 3. The van der Waals surface area contributed by atoms with Crippen LogP contribution in [0.2, 0.25) is 0 Å². The standard InChI is InChI=1S/C20H20F3N5O2/c1-13-4-2-3-5-16(13)19(30)25-11-15-12-28-17(27-15)8-14(10-26-28)9-24-18(29)6-7-20(21,22)23/h2-5,8,10,12H,6-7,9,11H2,1H3,(H,24,29)(H,25,30). The van der Waals surface area contributed by atoms with Crippen LogP contribution in [-0.4, -0.2) is 32.6 Å². The Labute approximate surface area is 170 Å². The smallest absolute Gasteiger partial charge is 0.352 e. The van der Waals surface area contributed by atoms with Gasteiger partial charge in [-0.25, -0.2) is 9.50 Å². The van der Waals surface area contributed by atoms with E-state index in [1.165, 1.54) is 10.7 Å². The largest absolute Gasteiger partial charge is 0.389 e. The predicted octanol–water partition coefficient (Wildman–Crippen LogP) is 2.93. The van der Waals surface area contributed by atoms with Crippen molar-refractivity contribution in [2.45, 2.75) is 39.0 Å². The second-order valence-corrected chi connectivity index (χ2v) is 6.79. The Hall–Kier alpha value is -3.43. The van der Waals surface area contributed by atoms with E-state index in [-0.39, 0.29) is 19.0 Å². The summed E-state index contributed by atoms with van der Waals surface area (Å²) < 4.78 is 38.0. The molecular weight excluding hydrogens is 399 g/mol. The number of carbonyl (C=O) groups excluding carboxylic acids is 2. The Morgan fingerprint density at radius 1 is 1.13 bits per heavy atom. The van der Waals surface area contributed by atoms with Crippen molar-refractivity contribution in [2.24, 2.45) is 0 Å². The number of carbonyl (C=O) groups is 2. The van der Waals surface area contributed by atoms with Crippen LogP contribution in [0.1, 0.15) is 40.0 Å². The van der Waals surface area contributed by atoms with Gasteiger partial charge in [-0.15, -0.1) is 0 Å². The fraction of sp³-hybridized carbons (Fsp3) is 0.300. The van der Waals surface area contributed by atoms with E-state index in [1.807, 2.05) is 19.1 Å². The van der Waals surface area contributed by atoms with Gasteiger partial charge < -0.3 is 10.6 Å². The van der Waals surface area contributed by atoms with Crippen LogP contribution in [0.25, 0.3) is 5.65 Å². The number of hydrogen-bond acceptors (Lipinski definition) is 4. The minimum atomic E-state index is -4.36. The van der Waals surface area contributed by atoms with Crippen molar-refractivity contribution < 1.29 is 22.8 Å². The Morgan fingerprint density at radius 2 is 1.90 bits per heavy atom. The van der Waals surface area contributed by atoms with Gasteiger partial charge in [-0.1, -0.05) is 18.2 Å². The molecule has 10 heteroatoms. The Bertz CT molecular complexity index is 1060. The Morgan fingerprint density at radius 3 is 2.63 bits per heavy atom. The lowest BCUT2D eigenvalue weighted by Gasteiger charge is -2.07. The summed E-state index contributed by atoms with van der Waals surface area (Å²) in [7, 11) is 0. The van der Waals surface area contributed by atoms with E-state index in [0.717, 1.165) is 5.56 Å². The van der Waals surface area contributed by atoms with Crippen LogP contribution in [0.15, 0.2) is 42.7 Å². The second kappa shape index (κ2) is 8.93. The molecule has 0 saturated heterocycles. The van der Waals surface area contributed by atoms with E-state index in [1.54, 1.807) is 24.4 Å². The van der Waals surface area contributed by atoms with Gasteiger partial charge in [0.25, 0.3) is 5.91 Å². The number of alkyl halides is 3. The van der Waals surface area contributed by atoms with Gasteiger partial charge in [-0.3, -0.25) is 9.59 Å². The molecule has 1 aromatic carbocycles. The molecule has 3 aromatic rings. The SMILES string of the molecule is Cc1ccccc1C(=O)NCc1cn2ncc(CNC(=O)CCC(F)(F)F)cc2n1. The van der Waals surface area contributed by atoms with Crippen LogP contribution in [-0.2, 0) is 17.9 Å². The third-order valence-electron chi connectivity index (χ3n) is 4.37. The van der Waals surface area contributed by atoms with Crippen molar-refractivity contribution in [1.29, 1.82) is 0 Å². The summed E-state index contributed by atoms with van der Waals surface area (Å²) in [6, 6.07) is 8.92. The van der Waals surface area contributed by atoms with E-state index in [2.05, 4.69) is 20.7 Å². The molecule has 0 fully saturated rings. The molecule has 0 aliphatic carbocycles. The zero-order valence-corrected chi connectivity index (χ0v) is 16.2. The van der Waals surface area contributed by atoms with Crippen molar-refractivity contribution in [3.8, 4) is 0 Å². The second-order valence-electron chi connectivity index (χ2n) is 6.79. The summed E-state index contributed by atoms with van der Waals surface area (Å²) in [5.74, 6) is -0.893. The van der Waals surface area contributed by atoms with Crippen LogP contribution in [0.4, 0.5) is 13.2 Å². The lowest BCUT2D eigenvalue weighted by molar-refractivity contribution is -0.144. The summed E-state index contributed by atoms with van der Waals surface area (Å²) in [6.07, 6.45) is -2.98. The number of rotatable bonds is 7. The molecule has 2 heterocycles. The number of amides is 2.